The fourth-order valence-electron chi connectivity index (χ4n) is 1.32. The fourth-order valence-corrected chi connectivity index (χ4v) is 2.94. The molecule has 0 bridgehead atoms. The van der Waals surface area contributed by atoms with Gasteiger partial charge in [0.15, 0.2) is 10.9 Å². The van der Waals surface area contributed by atoms with Gasteiger partial charge in [0.25, 0.3) is 5.91 Å². The highest BCUT2D eigenvalue weighted by Gasteiger charge is 2.09. The van der Waals surface area contributed by atoms with Crippen molar-refractivity contribution in [2.45, 2.75) is 11.3 Å². The molecule has 110 valence electrons. The van der Waals surface area contributed by atoms with Crippen LogP contribution < -0.4 is 10.1 Å². The number of ether oxygens (including phenoxy) is 1. The maximum atomic E-state index is 11.7. The summed E-state index contributed by atoms with van der Waals surface area (Å²) in [5.41, 5.74) is 1.07. The summed E-state index contributed by atoms with van der Waals surface area (Å²) in [5, 5.41) is 11.1. The molecule has 21 heavy (non-hydrogen) atoms. The van der Waals surface area contributed by atoms with Gasteiger partial charge in [0.2, 0.25) is 5.13 Å². The third kappa shape index (κ3) is 5.57. The van der Waals surface area contributed by atoms with Crippen molar-refractivity contribution < 1.29 is 9.53 Å². The SMILES string of the molecule is C=C(C)CSc1nnc(NC(=O)COc2ccccc2)s1. The van der Waals surface area contributed by atoms with Crippen LogP contribution in [-0.4, -0.2) is 28.5 Å². The highest BCUT2D eigenvalue weighted by atomic mass is 32.2. The maximum absolute atomic E-state index is 11.7. The number of thioether (sulfide) groups is 1. The number of benzene rings is 1. The van der Waals surface area contributed by atoms with Crippen molar-refractivity contribution >= 4 is 34.1 Å². The van der Waals surface area contributed by atoms with Crippen LogP contribution in [0.25, 0.3) is 0 Å². The topological polar surface area (TPSA) is 64.1 Å². The van der Waals surface area contributed by atoms with Gasteiger partial charge in [-0.25, -0.2) is 0 Å². The van der Waals surface area contributed by atoms with E-state index >= 15 is 0 Å². The number of aromatic nitrogens is 2. The summed E-state index contributed by atoms with van der Waals surface area (Å²) in [5.74, 6) is 1.19. The summed E-state index contributed by atoms with van der Waals surface area (Å²) in [7, 11) is 0. The Balaban J connectivity index is 1.78. The average molecular weight is 321 g/mol. The number of carbonyl (C=O) groups excluding carboxylic acids is 1. The minimum absolute atomic E-state index is 0.0577. The lowest BCUT2D eigenvalue weighted by molar-refractivity contribution is -0.118. The Kier molecular flexibility index (Phi) is 5.77. The van der Waals surface area contributed by atoms with Gasteiger partial charge in [-0.1, -0.05) is 53.4 Å². The van der Waals surface area contributed by atoms with Crippen molar-refractivity contribution in [3.05, 3.63) is 42.5 Å². The number of nitrogens with one attached hydrogen (secondary N) is 1. The summed E-state index contributed by atoms with van der Waals surface area (Å²) in [4.78, 5) is 11.7. The van der Waals surface area contributed by atoms with Crippen molar-refractivity contribution in [1.82, 2.24) is 10.2 Å². The van der Waals surface area contributed by atoms with Gasteiger partial charge in [0.1, 0.15) is 5.75 Å². The lowest BCUT2D eigenvalue weighted by atomic mass is 10.3. The van der Waals surface area contributed by atoms with E-state index in [0.29, 0.717) is 10.9 Å². The van der Waals surface area contributed by atoms with Gasteiger partial charge in [-0.15, -0.1) is 10.2 Å². The molecule has 2 aromatic rings. The molecule has 0 saturated heterocycles. The Labute approximate surface area is 131 Å². The first-order valence-electron chi connectivity index (χ1n) is 6.22. The minimum Gasteiger partial charge on any atom is -0.484 e. The van der Waals surface area contributed by atoms with E-state index in [1.54, 1.807) is 23.9 Å². The van der Waals surface area contributed by atoms with Gasteiger partial charge in [-0.2, -0.15) is 0 Å². The molecule has 1 aromatic heterocycles. The fraction of sp³-hybridized carbons (Fsp3) is 0.214. The van der Waals surface area contributed by atoms with E-state index in [0.717, 1.165) is 15.7 Å². The second kappa shape index (κ2) is 7.80. The predicted molar refractivity (Wildman–Crippen MR) is 86.0 cm³/mol. The normalized spacial score (nSPS) is 10.1. The maximum Gasteiger partial charge on any atom is 0.264 e. The van der Waals surface area contributed by atoms with E-state index < -0.39 is 0 Å². The van der Waals surface area contributed by atoms with Crippen LogP contribution in [0.2, 0.25) is 0 Å². The molecular weight excluding hydrogens is 306 g/mol. The molecule has 0 atom stereocenters. The van der Waals surface area contributed by atoms with Crippen molar-refractivity contribution in [2.75, 3.05) is 17.7 Å². The molecule has 1 amide bonds. The zero-order valence-electron chi connectivity index (χ0n) is 11.5. The van der Waals surface area contributed by atoms with Gasteiger partial charge in [-0.3, -0.25) is 10.1 Å². The molecule has 1 N–H and O–H groups in total. The van der Waals surface area contributed by atoms with Crippen molar-refractivity contribution in [1.29, 1.82) is 0 Å². The van der Waals surface area contributed by atoms with Gasteiger partial charge < -0.3 is 4.74 Å². The molecule has 0 spiro atoms. The summed E-state index contributed by atoms with van der Waals surface area (Å²) in [6, 6.07) is 9.18. The van der Waals surface area contributed by atoms with Crippen LogP contribution in [0.4, 0.5) is 5.13 Å². The summed E-state index contributed by atoms with van der Waals surface area (Å²) >= 11 is 2.89. The first-order valence-corrected chi connectivity index (χ1v) is 8.02. The Bertz CT molecular complexity index is 614. The molecule has 0 unspecified atom stereocenters. The number of hydrogen-bond acceptors (Lipinski definition) is 6. The second-order valence-electron chi connectivity index (χ2n) is 4.27. The van der Waals surface area contributed by atoms with E-state index in [1.807, 2.05) is 25.1 Å². The number of nitrogens with zero attached hydrogens (tertiary/aromatic N) is 2. The molecule has 2 rings (SSSR count). The third-order valence-corrected chi connectivity index (χ3v) is 4.41. The van der Waals surface area contributed by atoms with Gasteiger partial charge in [0, 0.05) is 5.75 Å². The van der Waals surface area contributed by atoms with Crippen LogP contribution in [-0.2, 0) is 4.79 Å². The van der Waals surface area contributed by atoms with Gasteiger partial charge in [0.05, 0.1) is 0 Å². The number of anilines is 1. The second-order valence-corrected chi connectivity index (χ2v) is 6.47. The first-order chi connectivity index (χ1) is 10.1. The van der Waals surface area contributed by atoms with Crippen molar-refractivity contribution in [2.24, 2.45) is 0 Å². The highest BCUT2D eigenvalue weighted by Crippen LogP contribution is 2.26. The number of rotatable bonds is 7. The smallest absolute Gasteiger partial charge is 0.264 e. The van der Waals surface area contributed by atoms with E-state index in [1.165, 1.54) is 11.3 Å². The Morgan fingerprint density at radius 3 is 2.86 bits per heavy atom. The molecule has 5 nitrogen and oxygen atoms in total. The number of para-hydroxylation sites is 1. The Morgan fingerprint density at radius 2 is 2.14 bits per heavy atom. The molecule has 7 heteroatoms. The zero-order valence-corrected chi connectivity index (χ0v) is 13.2. The summed E-state index contributed by atoms with van der Waals surface area (Å²) < 4.78 is 6.16. The zero-order chi connectivity index (χ0) is 15.1. The van der Waals surface area contributed by atoms with Crippen LogP contribution in [0.5, 0.6) is 5.75 Å². The van der Waals surface area contributed by atoms with Gasteiger partial charge >= 0.3 is 0 Å². The molecule has 0 fully saturated rings. The summed E-state index contributed by atoms with van der Waals surface area (Å²) in [6.45, 7) is 5.73. The molecule has 0 aliphatic carbocycles. The number of amides is 1. The molecule has 0 radical (unpaired) electrons. The van der Waals surface area contributed by atoms with E-state index in [4.69, 9.17) is 4.74 Å². The average Bonchev–Trinajstić information content (AvgIpc) is 2.91. The van der Waals surface area contributed by atoms with Crippen LogP contribution in [0.3, 0.4) is 0 Å². The Hall–Kier alpha value is -1.86. The number of carbonyl (C=O) groups is 1. The van der Waals surface area contributed by atoms with Crippen LogP contribution in [0.15, 0.2) is 46.8 Å². The van der Waals surface area contributed by atoms with E-state index in [2.05, 4.69) is 22.1 Å². The van der Waals surface area contributed by atoms with E-state index in [9.17, 15) is 4.79 Å². The lowest BCUT2D eigenvalue weighted by Crippen LogP contribution is -2.20. The predicted octanol–water partition coefficient (Wildman–Crippen LogP) is 3.22. The quantitative estimate of drug-likeness (QED) is 0.482. The molecule has 0 aliphatic rings. The number of hydrogen-bond donors (Lipinski definition) is 1. The third-order valence-electron chi connectivity index (χ3n) is 2.21. The first kappa shape index (κ1) is 15.5. The molecule has 1 heterocycles. The lowest BCUT2D eigenvalue weighted by Gasteiger charge is -2.04. The monoisotopic (exact) mass is 321 g/mol. The molecule has 1 aromatic carbocycles. The highest BCUT2D eigenvalue weighted by molar-refractivity contribution is 8.01. The summed E-state index contributed by atoms with van der Waals surface area (Å²) in [6.07, 6.45) is 0. The van der Waals surface area contributed by atoms with Crippen LogP contribution >= 0.6 is 23.1 Å². The molecule has 0 aliphatic heterocycles. The van der Waals surface area contributed by atoms with Crippen molar-refractivity contribution in [3.63, 3.8) is 0 Å². The molecular formula is C14H15N3O2S2. The van der Waals surface area contributed by atoms with Gasteiger partial charge in [-0.05, 0) is 19.1 Å². The minimum atomic E-state index is -0.258. The van der Waals surface area contributed by atoms with Crippen molar-refractivity contribution in [3.8, 4) is 5.75 Å². The molecule has 0 saturated carbocycles. The van der Waals surface area contributed by atoms with Crippen LogP contribution in [0.1, 0.15) is 6.92 Å². The Morgan fingerprint density at radius 1 is 1.38 bits per heavy atom. The largest absolute Gasteiger partial charge is 0.484 e. The van der Waals surface area contributed by atoms with Crippen LogP contribution in [0, 0.1) is 0 Å². The standard InChI is InChI=1S/C14H15N3O2S2/c1-10(2)9-20-14-17-16-13(21-14)15-12(18)8-19-11-6-4-3-5-7-11/h3-7H,1,8-9H2,2H3,(H,15,16,18). The van der Waals surface area contributed by atoms with E-state index in [-0.39, 0.29) is 12.5 Å².